The number of hydrogen-bond donors (Lipinski definition) is 2. The van der Waals surface area contributed by atoms with Crippen LogP contribution in [0.25, 0.3) is 0 Å². The second-order valence-electron chi connectivity index (χ2n) is 7.09. The summed E-state index contributed by atoms with van der Waals surface area (Å²) in [6.45, 7) is 8.31. The Hall–Kier alpha value is -1.03. The van der Waals surface area contributed by atoms with Gasteiger partial charge in [-0.1, -0.05) is 12.8 Å². The molecule has 1 aromatic rings. The van der Waals surface area contributed by atoms with E-state index in [4.69, 9.17) is 9.73 Å². The Kier molecular flexibility index (Phi) is 14.1. The minimum absolute atomic E-state index is 0. The SMILES string of the molecule is CCNC(=NCCCCCCC(=O)OCC)NC1CCN(c2cccs2)CC1.I. The summed E-state index contributed by atoms with van der Waals surface area (Å²) in [6, 6.07) is 4.81. The van der Waals surface area contributed by atoms with Gasteiger partial charge >= 0.3 is 5.97 Å². The number of halogens is 1. The average Bonchev–Trinajstić information content (AvgIpc) is 3.23. The summed E-state index contributed by atoms with van der Waals surface area (Å²) in [5.41, 5.74) is 0. The monoisotopic (exact) mass is 536 g/mol. The van der Waals surface area contributed by atoms with Crippen LogP contribution < -0.4 is 15.5 Å². The van der Waals surface area contributed by atoms with Crippen molar-refractivity contribution < 1.29 is 9.53 Å². The molecule has 1 saturated heterocycles. The number of carbonyl (C=O) groups excluding carboxylic acids is 1. The standard InChI is InChI=1S/C21H36N4O2S.HI/c1-3-22-21(23-14-8-6-5-7-11-20(26)27-4-2)24-18-12-15-25(16-13-18)19-10-9-17-28-19;/h9-10,17-18H,3-8,11-16H2,1-2H3,(H2,22,23,24);1H. The van der Waals surface area contributed by atoms with Crippen molar-refractivity contribution in [2.75, 3.05) is 37.7 Å². The molecule has 0 amide bonds. The summed E-state index contributed by atoms with van der Waals surface area (Å²) >= 11 is 1.82. The zero-order chi connectivity index (χ0) is 20.0. The zero-order valence-corrected chi connectivity index (χ0v) is 21.0. The number of rotatable bonds is 11. The number of unbranched alkanes of at least 4 members (excludes halogenated alkanes) is 3. The average molecular weight is 537 g/mol. The van der Waals surface area contributed by atoms with E-state index in [2.05, 4.69) is 40.0 Å². The molecule has 2 rings (SSSR count). The second kappa shape index (κ2) is 15.8. The number of ether oxygens (including phenoxy) is 1. The van der Waals surface area contributed by atoms with E-state index in [-0.39, 0.29) is 29.9 Å². The van der Waals surface area contributed by atoms with E-state index in [0.29, 0.717) is 19.1 Å². The van der Waals surface area contributed by atoms with Crippen molar-refractivity contribution in [3.8, 4) is 0 Å². The maximum Gasteiger partial charge on any atom is 0.305 e. The van der Waals surface area contributed by atoms with Crippen LogP contribution in [0.5, 0.6) is 0 Å². The molecule has 0 saturated carbocycles. The summed E-state index contributed by atoms with van der Waals surface area (Å²) < 4.78 is 4.95. The number of guanidine groups is 1. The molecule has 166 valence electrons. The van der Waals surface area contributed by atoms with Gasteiger partial charge in [-0.05, 0) is 57.0 Å². The Morgan fingerprint density at radius 2 is 2.00 bits per heavy atom. The largest absolute Gasteiger partial charge is 0.466 e. The first-order valence-corrected chi connectivity index (χ1v) is 11.6. The quantitative estimate of drug-likeness (QED) is 0.144. The Morgan fingerprint density at radius 3 is 2.66 bits per heavy atom. The van der Waals surface area contributed by atoms with Crippen LogP contribution in [-0.2, 0) is 9.53 Å². The van der Waals surface area contributed by atoms with Crippen LogP contribution in [0.2, 0.25) is 0 Å². The van der Waals surface area contributed by atoms with Gasteiger partial charge in [0.25, 0.3) is 0 Å². The first-order chi connectivity index (χ1) is 13.7. The third kappa shape index (κ3) is 10.5. The maximum atomic E-state index is 11.3. The van der Waals surface area contributed by atoms with Gasteiger partial charge in [0.05, 0.1) is 11.6 Å². The van der Waals surface area contributed by atoms with Crippen LogP contribution in [-0.4, -0.2) is 50.8 Å². The highest BCUT2D eigenvalue weighted by Gasteiger charge is 2.20. The molecule has 0 aromatic carbocycles. The number of thiophene rings is 1. The molecule has 2 heterocycles. The van der Waals surface area contributed by atoms with Crippen LogP contribution in [0.1, 0.15) is 58.8 Å². The summed E-state index contributed by atoms with van der Waals surface area (Å²) in [5, 5.41) is 10.5. The number of esters is 1. The van der Waals surface area contributed by atoms with E-state index >= 15 is 0 Å². The first kappa shape index (κ1) is 26.0. The molecule has 0 aliphatic carbocycles. The lowest BCUT2D eigenvalue weighted by molar-refractivity contribution is -0.143. The van der Waals surface area contributed by atoms with Gasteiger partial charge in [-0.15, -0.1) is 35.3 Å². The van der Waals surface area contributed by atoms with Gasteiger partial charge in [0, 0.05) is 38.6 Å². The van der Waals surface area contributed by atoms with Crippen LogP contribution >= 0.6 is 35.3 Å². The van der Waals surface area contributed by atoms with Crippen molar-refractivity contribution in [3.63, 3.8) is 0 Å². The first-order valence-electron chi connectivity index (χ1n) is 10.7. The molecule has 0 radical (unpaired) electrons. The van der Waals surface area contributed by atoms with E-state index in [0.717, 1.165) is 70.7 Å². The van der Waals surface area contributed by atoms with Crippen molar-refractivity contribution in [2.45, 2.75) is 64.8 Å². The Labute approximate surface area is 196 Å². The molecular formula is C21H37IN4O2S. The topological polar surface area (TPSA) is 66.0 Å². The van der Waals surface area contributed by atoms with Crippen molar-refractivity contribution in [3.05, 3.63) is 17.5 Å². The number of hydrogen-bond acceptors (Lipinski definition) is 5. The highest BCUT2D eigenvalue weighted by atomic mass is 127. The van der Waals surface area contributed by atoms with Crippen LogP contribution in [0, 0.1) is 0 Å². The lowest BCUT2D eigenvalue weighted by Crippen LogP contribution is -2.48. The van der Waals surface area contributed by atoms with Gasteiger partial charge < -0.3 is 20.3 Å². The molecule has 1 fully saturated rings. The van der Waals surface area contributed by atoms with E-state index in [1.165, 1.54) is 5.00 Å². The fourth-order valence-electron chi connectivity index (χ4n) is 3.37. The minimum Gasteiger partial charge on any atom is -0.466 e. The van der Waals surface area contributed by atoms with Gasteiger partial charge in [-0.2, -0.15) is 0 Å². The lowest BCUT2D eigenvalue weighted by Gasteiger charge is -2.33. The van der Waals surface area contributed by atoms with E-state index in [1.54, 1.807) is 0 Å². The number of nitrogens with one attached hydrogen (secondary N) is 2. The van der Waals surface area contributed by atoms with Gasteiger partial charge in [0.15, 0.2) is 5.96 Å². The molecule has 8 heteroatoms. The maximum absolute atomic E-state index is 11.3. The van der Waals surface area contributed by atoms with Gasteiger partial charge in [-0.3, -0.25) is 9.79 Å². The van der Waals surface area contributed by atoms with Gasteiger partial charge in [-0.25, -0.2) is 0 Å². The molecular weight excluding hydrogens is 499 g/mol. The molecule has 1 aliphatic rings. The Bertz CT molecular complexity index is 575. The number of nitrogens with zero attached hydrogens (tertiary/aromatic N) is 2. The smallest absolute Gasteiger partial charge is 0.305 e. The van der Waals surface area contributed by atoms with E-state index < -0.39 is 0 Å². The Morgan fingerprint density at radius 1 is 1.24 bits per heavy atom. The third-order valence-corrected chi connectivity index (χ3v) is 5.79. The van der Waals surface area contributed by atoms with E-state index in [9.17, 15) is 4.79 Å². The Balaban J connectivity index is 0.00000420. The molecule has 1 aliphatic heterocycles. The highest BCUT2D eigenvalue weighted by Crippen LogP contribution is 2.24. The van der Waals surface area contributed by atoms with Crippen LogP contribution in [0.4, 0.5) is 5.00 Å². The second-order valence-corrected chi connectivity index (χ2v) is 8.01. The van der Waals surface area contributed by atoms with Crippen LogP contribution in [0.3, 0.4) is 0 Å². The van der Waals surface area contributed by atoms with Crippen molar-refractivity contribution in [2.24, 2.45) is 4.99 Å². The van der Waals surface area contributed by atoms with E-state index in [1.807, 2.05) is 18.3 Å². The highest BCUT2D eigenvalue weighted by molar-refractivity contribution is 14.0. The molecule has 0 bridgehead atoms. The molecule has 1 aromatic heterocycles. The van der Waals surface area contributed by atoms with Crippen molar-refractivity contribution in [1.82, 2.24) is 10.6 Å². The summed E-state index contributed by atoms with van der Waals surface area (Å²) in [4.78, 5) is 18.5. The lowest BCUT2D eigenvalue weighted by atomic mass is 10.1. The summed E-state index contributed by atoms with van der Waals surface area (Å²) in [6.07, 6.45) is 6.92. The molecule has 6 nitrogen and oxygen atoms in total. The summed E-state index contributed by atoms with van der Waals surface area (Å²) in [7, 11) is 0. The van der Waals surface area contributed by atoms with Crippen LogP contribution in [0.15, 0.2) is 22.5 Å². The number of carbonyl (C=O) groups is 1. The molecule has 0 atom stereocenters. The molecule has 2 N–H and O–H groups in total. The zero-order valence-electron chi connectivity index (χ0n) is 17.8. The van der Waals surface area contributed by atoms with Crippen molar-refractivity contribution >= 4 is 52.2 Å². The molecule has 0 unspecified atom stereocenters. The van der Waals surface area contributed by atoms with Gasteiger partial charge in [0.2, 0.25) is 0 Å². The number of aliphatic imine (C=N–C) groups is 1. The fourth-order valence-corrected chi connectivity index (χ4v) is 4.15. The molecule has 29 heavy (non-hydrogen) atoms. The fraction of sp³-hybridized carbons (Fsp3) is 0.714. The number of anilines is 1. The minimum atomic E-state index is -0.0794. The normalized spacial score (nSPS) is 15.0. The molecule has 0 spiro atoms. The predicted molar refractivity (Wildman–Crippen MR) is 134 cm³/mol. The van der Waals surface area contributed by atoms with Crippen molar-refractivity contribution in [1.29, 1.82) is 0 Å². The number of piperidine rings is 1. The predicted octanol–water partition coefficient (Wildman–Crippen LogP) is 4.40. The van der Waals surface area contributed by atoms with Gasteiger partial charge in [0.1, 0.15) is 0 Å². The third-order valence-electron chi connectivity index (χ3n) is 4.86. The summed E-state index contributed by atoms with van der Waals surface area (Å²) in [5.74, 6) is 0.855.